The molecule has 2 bridgehead atoms. The van der Waals surface area contributed by atoms with Crippen LogP contribution in [-0.2, 0) is 11.8 Å². The third kappa shape index (κ3) is 2.34. The van der Waals surface area contributed by atoms with Crippen molar-refractivity contribution in [3.8, 4) is 5.75 Å². The molecule has 0 unspecified atom stereocenters. The molecule has 0 N–H and O–H groups in total. The molecule has 1 saturated carbocycles. The van der Waals surface area contributed by atoms with Gasteiger partial charge < -0.3 is 4.74 Å². The summed E-state index contributed by atoms with van der Waals surface area (Å²) in [6, 6.07) is 7.60. The highest BCUT2D eigenvalue weighted by atomic mass is 16.5. The largest absolute Gasteiger partial charge is 0.497 e. The number of piperidine rings is 1. The van der Waals surface area contributed by atoms with Gasteiger partial charge in [0.15, 0.2) is 0 Å². The minimum atomic E-state index is 0.428. The normalized spacial score (nSPS) is 33.3. The van der Waals surface area contributed by atoms with E-state index in [4.69, 9.17) is 4.74 Å². The summed E-state index contributed by atoms with van der Waals surface area (Å²) in [7, 11) is 1.79. The minimum absolute atomic E-state index is 0.428. The van der Waals surface area contributed by atoms with Crippen LogP contribution >= 0.6 is 0 Å². The standard InChI is InChI=1S/C21H29NO/c1-3-4-12-22-13-11-21-10-6-5-7-18(21)20(22)14-16-8-9-17(23-2)15-19(16)21/h3-4,8-9,15,18,20H,5-7,10-14H2,1-2H3/b4-3+/t18-,20-,21+/m0/s1. The van der Waals surface area contributed by atoms with E-state index in [1.54, 1.807) is 18.2 Å². The summed E-state index contributed by atoms with van der Waals surface area (Å²) in [5.74, 6) is 1.88. The molecule has 1 aromatic rings. The number of nitrogens with zero attached hydrogens (tertiary/aromatic N) is 1. The van der Waals surface area contributed by atoms with Gasteiger partial charge in [0.1, 0.15) is 5.75 Å². The van der Waals surface area contributed by atoms with Gasteiger partial charge in [-0.3, -0.25) is 4.90 Å². The monoisotopic (exact) mass is 311 g/mol. The molecule has 124 valence electrons. The number of allylic oxidation sites excluding steroid dienone is 1. The van der Waals surface area contributed by atoms with Crippen LogP contribution in [-0.4, -0.2) is 31.1 Å². The van der Waals surface area contributed by atoms with Crippen LogP contribution in [0.25, 0.3) is 0 Å². The smallest absolute Gasteiger partial charge is 0.119 e. The Hall–Kier alpha value is -1.28. The number of rotatable bonds is 3. The van der Waals surface area contributed by atoms with Crippen molar-refractivity contribution in [2.24, 2.45) is 5.92 Å². The zero-order chi connectivity index (χ0) is 15.9. The van der Waals surface area contributed by atoms with Crippen LogP contribution < -0.4 is 4.74 Å². The van der Waals surface area contributed by atoms with Crippen molar-refractivity contribution in [2.75, 3.05) is 20.2 Å². The molecule has 3 aliphatic rings. The van der Waals surface area contributed by atoms with Crippen molar-refractivity contribution < 1.29 is 4.74 Å². The second kappa shape index (κ2) is 5.98. The Labute approximate surface area is 140 Å². The summed E-state index contributed by atoms with van der Waals surface area (Å²) in [5.41, 5.74) is 3.64. The molecule has 0 radical (unpaired) electrons. The third-order valence-corrected chi connectivity index (χ3v) is 6.73. The van der Waals surface area contributed by atoms with Crippen LogP contribution in [0.1, 0.15) is 50.2 Å². The molecule has 1 aromatic carbocycles. The maximum Gasteiger partial charge on any atom is 0.119 e. The quantitative estimate of drug-likeness (QED) is 0.770. The Kier molecular flexibility index (Phi) is 3.96. The lowest BCUT2D eigenvalue weighted by molar-refractivity contribution is -0.00522. The Morgan fingerprint density at radius 3 is 3.04 bits per heavy atom. The Bertz CT molecular complexity index is 608. The predicted molar refractivity (Wildman–Crippen MR) is 95.1 cm³/mol. The van der Waals surface area contributed by atoms with Gasteiger partial charge in [-0.15, -0.1) is 0 Å². The van der Waals surface area contributed by atoms with Gasteiger partial charge in [-0.05, 0) is 68.3 Å². The van der Waals surface area contributed by atoms with Crippen molar-refractivity contribution >= 4 is 0 Å². The first-order chi connectivity index (χ1) is 11.3. The summed E-state index contributed by atoms with van der Waals surface area (Å²) in [6.45, 7) is 4.51. The minimum Gasteiger partial charge on any atom is -0.497 e. The highest BCUT2D eigenvalue weighted by Crippen LogP contribution is 2.56. The summed E-state index contributed by atoms with van der Waals surface area (Å²) < 4.78 is 5.55. The van der Waals surface area contributed by atoms with E-state index in [-0.39, 0.29) is 0 Å². The highest BCUT2D eigenvalue weighted by Gasteiger charge is 2.53. The van der Waals surface area contributed by atoms with E-state index < -0.39 is 0 Å². The highest BCUT2D eigenvalue weighted by molar-refractivity contribution is 5.45. The van der Waals surface area contributed by atoms with Gasteiger partial charge in [0.2, 0.25) is 0 Å². The van der Waals surface area contributed by atoms with Crippen molar-refractivity contribution in [3.05, 3.63) is 41.5 Å². The predicted octanol–water partition coefficient (Wildman–Crippen LogP) is 4.33. The zero-order valence-corrected chi connectivity index (χ0v) is 14.6. The van der Waals surface area contributed by atoms with Crippen molar-refractivity contribution in [1.82, 2.24) is 4.90 Å². The maximum absolute atomic E-state index is 5.55. The van der Waals surface area contributed by atoms with Gasteiger partial charge in [0.05, 0.1) is 7.11 Å². The first-order valence-corrected chi connectivity index (χ1v) is 9.31. The molecule has 1 saturated heterocycles. The molecule has 2 fully saturated rings. The van der Waals surface area contributed by atoms with Crippen molar-refractivity contribution in [1.29, 1.82) is 0 Å². The molecular weight excluding hydrogens is 282 g/mol. The Morgan fingerprint density at radius 1 is 1.30 bits per heavy atom. The number of methoxy groups -OCH3 is 1. The fourth-order valence-corrected chi connectivity index (χ4v) is 5.66. The summed E-state index contributed by atoms with van der Waals surface area (Å²) in [6.07, 6.45) is 12.7. The average Bonchev–Trinajstić information content (AvgIpc) is 2.60. The molecule has 0 amide bonds. The van der Waals surface area contributed by atoms with Gasteiger partial charge in [-0.25, -0.2) is 0 Å². The zero-order valence-electron chi connectivity index (χ0n) is 14.6. The summed E-state index contributed by atoms with van der Waals surface area (Å²) in [4.78, 5) is 2.75. The first kappa shape index (κ1) is 15.3. The maximum atomic E-state index is 5.55. The van der Waals surface area contributed by atoms with E-state index in [2.05, 4.69) is 42.2 Å². The van der Waals surface area contributed by atoms with E-state index >= 15 is 0 Å². The molecule has 3 atom stereocenters. The number of hydrogen-bond acceptors (Lipinski definition) is 2. The van der Waals surface area contributed by atoms with Crippen LogP contribution in [0.15, 0.2) is 30.4 Å². The van der Waals surface area contributed by atoms with Gasteiger partial charge in [0.25, 0.3) is 0 Å². The molecule has 4 rings (SSSR count). The average molecular weight is 311 g/mol. The van der Waals surface area contributed by atoms with E-state index in [1.165, 1.54) is 45.1 Å². The van der Waals surface area contributed by atoms with Crippen LogP contribution in [0, 0.1) is 5.92 Å². The summed E-state index contributed by atoms with van der Waals surface area (Å²) >= 11 is 0. The fraction of sp³-hybridized carbons (Fsp3) is 0.619. The van der Waals surface area contributed by atoms with Crippen LogP contribution in [0.5, 0.6) is 5.75 Å². The molecule has 2 heteroatoms. The molecule has 1 aliphatic heterocycles. The van der Waals surface area contributed by atoms with Crippen molar-refractivity contribution in [2.45, 2.75) is 56.9 Å². The Morgan fingerprint density at radius 2 is 2.22 bits per heavy atom. The molecule has 2 nitrogen and oxygen atoms in total. The summed E-state index contributed by atoms with van der Waals surface area (Å²) in [5, 5.41) is 0. The topological polar surface area (TPSA) is 12.5 Å². The number of ether oxygens (including phenoxy) is 1. The number of fused-ring (bicyclic) bond motifs is 1. The van der Waals surface area contributed by atoms with Crippen LogP contribution in [0.2, 0.25) is 0 Å². The lowest BCUT2D eigenvalue weighted by Gasteiger charge is -2.59. The number of hydrogen-bond donors (Lipinski definition) is 0. The lowest BCUT2D eigenvalue weighted by Crippen LogP contribution is -2.60. The SMILES string of the molecule is C/C=C/CN1CC[C@]23CCCC[C@H]2[C@@H]1Cc1ccc(OC)cc13. The van der Waals surface area contributed by atoms with Gasteiger partial charge >= 0.3 is 0 Å². The molecule has 0 spiro atoms. The lowest BCUT2D eigenvalue weighted by atomic mass is 9.52. The van der Waals surface area contributed by atoms with Crippen molar-refractivity contribution in [3.63, 3.8) is 0 Å². The number of likely N-dealkylation sites (tertiary alicyclic amines) is 1. The van der Waals surface area contributed by atoms with Gasteiger partial charge in [0, 0.05) is 18.0 Å². The van der Waals surface area contributed by atoms with Gasteiger partial charge in [-0.1, -0.05) is 31.1 Å². The van der Waals surface area contributed by atoms with Crippen LogP contribution in [0.3, 0.4) is 0 Å². The molecule has 1 heterocycles. The molecular formula is C21H29NO. The van der Waals surface area contributed by atoms with E-state index in [0.29, 0.717) is 5.41 Å². The van der Waals surface area contributed by atoms with Crippen LogP contribution in [0.4, 0.5) is 0 Å². The molecule has 23 heavy (non-hydrogen) atoms. The van der Waals surface area contributed by atoms with E-state index in [0.717, 1.165) is 24.3 Å². The first-order valence-electron chi connectivity index (χ1n) is 9.31. The van der Waals surface area contributed by atoms with Gasteiger partial charge in [-0.2, -0.15) is 0 Å². The van der Waals surface area contributed by atoms with E-state index in [1.807, 2.05) is 0 Å². The second-order valence-corrected chi connectivity index (χ2v) is 7.62. The molecule has 0 aromatic heterocycles. The number of benzene rings is 1. The molecule has 2 aliphatic carbocycles. The fourth-order valence-electron chi connectivity index (χ4n) is 5.66. The Balaban J connectivity index is 1.77. The second-order valence-electron chi connectivity index (χ2n) is 7.62. The third-order valence-electron chi connectivity index (χ3n) is 6.73. The van der Waals surface area contributed by atoms with E-state index in [9.17, 15) is 0 Å².